The van der Waals surface area contributed by atoms with Gasteiger partial charge in [-0.25, -0.2) is 0 Å². The van der Waals surface area contributed by atoms with E-state index in [9.17, 15) is 5.11 Å². The van der Waals surface area contributed by atoms with Gasteiger partial charge in [0.2, 0.25) is 0 Å². The second-order valence-corrected chi connectivity index (χ2v) is 5.39. The van der Waals surface area contributed by atoms with Crippen LogP contribution in [0, 0.1) is 11.8 Å². The Labute approximate surface area is 81.5 Å². The Bertz CT molecular complexity index is 164. The zero-order valence-corrected chi connectivity index (χ0v) is 8.76. The van der Waals surface area contributed by atoms with E-state index >= 15 is 0 Å². The summed E-state index contributed by atoms with van der Waals surface area (Å²) < 4.78 is 0. The van der Waals surface area contributed by atoms with Crippen molar-refractivity contribution in [3.8, 4) is 0 Å². The Morgan fingerprint density at radius 3 is 2.31 bits per heavy atom. The Morgan fingerprint density at radius 2 is 1.77 bits per heavy atom. The van der Waals surface area contributed by atoms with Gasteiger partial charge in [0, 0.05) is 0 Å². The van der Waals surface area contributed by atoms with Gasteiger partial charge < -0.3 is 5.11 Å². The van der Waals surface area contributed by atoms with E-state index in [1.807, 2.05) is 0 Å². The summed E-state index contributed by atoms with van der Waals surface area (Å²) in [5, 5.41) is 10.3. The molecule has 76 valence electrons. The van der Waals surface area contributed by atoms with Crippen LogP contribution in [-0.2, 0) is 0 Å². The molecule has 1 nitrogen and oxygen atoms in total. The Hall–Kier alpha value is -0.0400. The van der Waals surface area contributed by atoms with E-state index in [4.69, 9.17) is 0 Å². The smallest absolute Gasteiger partial charge is 0.0648 e. The van der Waals surface area contributed by atoms with E-state index in [0.29, 0.717) is 0 Å². The van der Waals surface area contributed by atoms with Crippen LogP contribution in [0.25, 0.3) is 0 Å². The predicted molar refractivity (Wildman–Crippen MR) is 54.5 cm³/mol. The number of aliphatic hydroxyl groups is 1. The van der Waals surface area contributed by atoms with E-state index in [-0.39, 0.29) is 5.60 Å². The first-order valence-electron chi connectivity index (χ1n) is 5.90. The molecule has 2 fully saturated rings. The molecule has 1 heteroatoms. The fourth-order valence-electron chi connectivity index (χ4n) is 2.43. The SMILES string of the molecule is CC1CCC(O)(CCC2CC2)CC1. The molecule has 2 rings (SSSR count). The van der Waals surface area contributed by atoms with Crippen molar-refractivity contribution in [1.29, 1.82) is 0 Å². The summed E-state index contributed by atoms with van der Waals surface area (Å²) in [6.45, 7) is 2.31. The highest BCUT2D eigenvalue weighted by Crippen LogP contribution is 2.40. The van der Waals surface area contributed by atoms with E-state index in [1.54, 1.807) is 0 Å². The first kappa shape index (κ1) is 9.51. The molecule has 0 bridgehead atoms. The third-order valence-electron chi connectivity index (χ3n) is 3.92. The third-order valence-corrected chi connectivity index (χ3v) is 3.92. The van der Waals surface area contributed by atoms with E-state index in [1.165, 1.54) is 32.1 Å². The summed E-state index contributed by atoms with van der Waals surface area (Å²) in [5.74, 6) is 1.82. The maximum Gasteiger partial charge on any atom is 0.0648 e. The molecule has 2 aliphatic carbocycles. The summed E-state index contributed by atoms with van der Waals surface area (Å²) in [6, 6.07) is 0. The molecule has 0 aromatic carbocycles. The second kappa shape index (κ2) is 3.61. The molecule has 2 aliphatic rings. The highest BCUT2D eigenvalue weighted by molar-refractivity contribution is 4.86. The summed E-state index contributed by atoms with van der Waals surface area (Å²) in [5.41, 5.74) is -0.269. The summed E-state index contributed by atoms with van der Waals surface area (Å²) in [6.07, 6.45) is 9.79. The quantitative estimate of drug-likeness (QED) is 0.711. The normalized spacial score (nSPS) is 40.6. The van der Waals surface area contributed by atoms with Gasteiger partial charge in [-0.15, -0.1) is 0 Å². The van der Waals surface area contributed by atoms with Crippen molar-refractivity contribution in [3.05, 3.63) is 0 Å². The van der Waals surface area contributed by atoms with Crippen LogP contribution in [0.4, 0.5) is 0 Å². The largest absolute Gasteiger partial charge is 0.390 e. The van der Waals surface area contributed by atoms with Gasteiger partial charge in [-0.1, -0.05) is 19.8 Å². The second-order valence-electron chi connectivity index (χ2n) is 5.39. The fraction of sp³-hybridized carbons (Fsp3) is 1.00. The number of hydrogen-bond acceptors (Lipinski definition) is 1. The first-order chi connectivity index (χ1) is 6.18. The van der Waals surface area contributed by atoms with Crippen LogP contribution >= 0.6 is 0 Å². The van der Waals surface area contributed by atoms with E-state index < -0.39 is 0 Å². The van der Waals surface area contributed by atoms with Crippen LogP contribution in [0.3, 0.4) is 0 Å². The minimum Gasteiger partial charge on any atom is -0.390 e. The van der Waals surface area contributed by atoms with Crippen LogP contribution in [0.5, 0.6) is 0 Å². The van der Waals surface area contributed by atoms with Gasteiger partial charge in [0.25, 0.3) is 0 Å². The molecule has 0 amide bonds. The van der Waals surface area contributed by atoms with Gasteiger partial charge >= 0.3 is 0 Å². The average Bonchev–Trinajstić information content (AvgIpc) is 2.91. The Morgan fingerprint density at radius 1 is 1.15 bits per heavy atom. The standard InChI is InChI=1S/C12H22O/c1-10-4-7-12(13,8-5-10)9-6-11-2-3-11/h10-11,13H,2-9H2,1H3. The Kier molecular flexibility index (Phi) is 2.64. The molecule has 0 aromatic rings. The molecular formula is C12H22O. The lowest BCUT2D eigenvalue weighted by atomic mass is 9.77. The first-order valence-corrected chi connectivity index (χ1v) is 5.90. The molecule has 0 aromatic heterocycles. The molecule has 1 N–H and O–H groups in total. The van der Waals surface area contributed by atoms with Crippen LogP contribution in [0.1, 0.15) is 58.3 Å². The highest BCUT2D eigenvalue weighted by Gasteiger charge is 2.33. The molecule has 0 saturated heterocycles. The summed E-state index contributed by atoms with van der Waals surface area (Å²) in [7, 11) is 0. The van der Waals surface area contributed by atoms with Crippen molar-refractivity contribution in [1.82, 2.24) is 0 Å². The summed E-state index contributed by atoms with van der Waals surface area (Å²) in [4.78, 5) is 0. The van der Waals surface area contributed by atoms with Gasteiger partial charge in [-0.3, -0.25) is 0 Å². The minimum absolute atomic E-state index is 0.269. The topological polar surface area (TPSA) is 20.2 Å². The molecule has 0 unspecified atom stereocenters. The molecule has 0 aliphatic heterocycles. The van der Waals surface area contributed by atoms with Crippen molar-refractivity contribution in [2.75, 3.05) is 0 Å². The monoisotopic (exact) mass is 182 g/mol. The van der Waals surface area contributed by atoms with Crippen molar-refractivity contribution < 1.29 is 5.11 Å². The van der Waals surface area contributed by atoms with Crippen molar-refractivity contribution in [3.63, 3.8) is 0 Å². The zero-order valence-electron chi connectivity index (χ0n) is 8.76. The van der Waals surface area contributed by atoms with Crippen molar-refractivity contribution >= 4 is 0 Å². The van der Waals surface area contributed by atoms with Gasteiger partial charge in [-0.2, -0.15) is 0 Å². The van der Waals surface area contributed by atoms with Gasteiger partial charge in [0.1, 0.15) is 0 Å². The minimum atomic E-state index is -0.269. The average molecular weight is 182 g/mol. The van der Waals surface area contributed by atoms with Crippen molar-refractivity contribution in [2.45, 2.75) is 63.9 Å². The lowest BCUT2D eigenvalue weighted by molar-refractivity contribution is -0.0171. The lowest BCUT2D eigenvalue weighted by Crippen LogP contribution is -2.33. The predicted octanol–water partition coefficient (Wildman–Crippen LogP) is 3.12. The molecular weight excluding hydrogens is 160 g/mol. The molecule has 2 saturated carbocycles. The van der Waals surface area contributed by atoms with Crippen LogP contribution < -0.4 is 0 Å². The number of rotatable bonds is 3. The third kappa shape index (κ3) is 2.70. The van der Waals surface area contributed by atoms with Crippen LogP contribution in [-0.4, -0.2) is 10.7 Å². The molecule has 0 radical (unpaired) electrons. The molecule has 0 atom stereocenters. The lowest BCUT2D eigenvalue weighted by Gasteiger charge is -2.35. The maximum absolute atomic E-state index is 10.3. The molecule has 13 heavy (non-hydrogen) atoms. The molecule has 0 spiro atoms. The molecule has 0 heterocycles. The Balaban J connectivity index is 1.74. The van der Waals surface area contributed by atoms with Gasteiger partial charge in [0.05, 0.1) is 5.60 Å². The van der Waals surface area contributed by atoms with E-state index in [2.05, 4.69) is 6.92 Å². The zero-order chi connectivity index (χ0) is 9.31. The van der Waals surface area contributed by atoms with Crippen LogP contribution in [0.2, 0.25) is 0 Å². The van der Waals surface area contributed by atoms with Crippen molar-refractivity contribution in [2.24, 2.45) is 11.8 Å². The fourth-order valence-corrected chi connectivity index (χ4v) is 2.43. The summed E-state index contributed by atoms with van der Waals surface area (Å²) >= 11 is 0. The van der Waals surface area contributed by atoms with Gasteiger partial charge in [-0.05, 0) is 50.4 Å². The maximum atomic E-state index is 10.3. The van der Waals surface area contributed by atoms with Gasteiger partial charge in [0.15, 0.2) is 0 Å². The van der Waals surface area contributed by atoms with E-state index in [0.717, 1.165) is 31.1 Å². The highest BCUT2D eigenvalue weighted by atomic mass is 16.3. The number of hydrogen-bond donors (Lipinski definition) is 1. The van der Waals surface area contributed by atoms with Crippen LogP contribution in [0.15, 0.2) is 0 Å².